The number of fused-ring (bicyclic) bond motifs is 1. The van der Waals surface area contributed by atoms with Crippen molar-refractivity contribution in [3.63, 3.8) is 0 Å². The van der Waals surface area contributed by atoms with Crippen molar-refractivity contribution in [2.45, 2.75) is 50.3 Å². The van der Waals surface area contributed by atoms with Gasteiger partial charge in [-0.15, -0.1) is 5.11 Å². The molecule has 0 spiro atoms. The molecule has 0 saturated carbocycles. The van der Waals surface area contributed by atoms with E-state index in [9.17, 15) is 15.0 Å². The van der Waals surface area contributed by atoms with Crippen LogP contribution in [0.4, 0.5) is 5.69 Å². The summed E-state index contributed by atoms with van der Waals surface area (Å²) in [6.07, 6.45) is 0.245. The van der Waals surface area contributed by atoms with Gasteiger partial charge in [-0.05, 0) is 38.5 Å². The smallest absolute Gasteiger partial charge is 0.293 e. The molecule has 0 aromatic heterocycles. The first-order valence-corrected chi connectivity index (χ1v) is 11.0. The maximum atomic E-state index is 11.6. The minimum absolute atomic E-state index is 0.233. The summed E-state index contributed by atoms with van der Waals surface area (Å²) < 4.78 is 10.6. The van der Waals surface area contributed by atoms with Gasteiger partial charge in [-0.1, -0.05) is 24.3 Å². The number of benzene rings is 2. The predicted octanol–water partition coefficient (Wildman–Crippen LogP) is 2.87. The fourth-order valence-corrected chi connectivity index (χ4v) is 3.98. The minimum atomic E-state index is -1.61. The van der Waals surface area contributed by atoms with Crippen LogP contribution in [0.5, 0.6) is 11.5 Å². The second-order valence-corrected chi connectivity index (χ2v) is 8.97. The molecule has 0 fully saturated rings. The Morgan fingerprint density at radius 3 is 2.71 bits per heavy atom. The Labute approximate surface area is 197 Å². The summed E-state index contributed by atoms with van der Waals surface area (Å²) in [5.41, 5.74) is 0.665. The number of hydrogen-bond donors (Lipinski definition) is 4. The molecule has 2 heterocycles. The number of azo groups is 1. The van der Waals surface area contributed by atoms with Crippen molar-refractivity contribution in [2.24, 2.45) is 15.2 Å². The van der Waals surface area contributed by atoms with E-state index in [1.54, 1.807) is 25.3 Å². The zero-order valence-electron chi connectivity index (χ0n) is 19.4. The number of ether oxygens (including phenoxy) is 2. The van der Waals surface area contributed by atoms with E-state index >= 15 is 0 Å². The number of para-hydroxylation sites is 1. The predicted molar refractivity (Wildman–Crippen MR) is 126 cm³/mol. The number of anilines is 1. The maximum absolute atomic E-state index is 11.6. The zero-order chi connectivity index (χ0) is 24.3. The van der Waals surface area contributed by atoms with Gasteiger partial charge in [0.15, 0.2) is 11.4 Å². The van der Waals surface area contributed by atoms with Crippen LogP contribution in [0.25, 0.3) is 0 Å². The Morgan fingerprint density at radius 2 is 2.03 bits per heavy atom. The standard InChI is InChI=1S/C24H29N5O5/c1-23(2,11-12-24(26-14-27-29-24)15-7-9-16(33-3)10-8-15)25-13-19(30)17-5-4-6-18-20(17)34-22(32)21(31)28-18/h4-10,14,19,22,25,30,32H,11-13H2,1-3H3,(H,28,31). The van der Waals surface area contributed by atoms with Crippen LogP contribution >= 0.6 is 0 Å². The number of nitrogens with zero attached hydrogens (tertiary/aromatic N) is 3. The van der Waals surface area contributed by atoms with Gasteiger partial charge in [0.25, 0.3) is 12.2 Å². The molecule has 34 heavy (non-hydrogen) atoms. The quantitative estimate of drug-likeness (QED) is 0.448. The number of hydrogen-bond acceptors (Lipinski definition) is 9. The van der Waals surface area contributed by atoms with Crippen molar-refractivity contribution in [1.29, 1.82) is 0 Å². The molecule has 0 aliphatic carbocycles. The van der Waals surface area contributed by atoms with Crippen molar-refractivity contribution in [3.8, 4) is 11.5 Å². The molecule has 3 unspecified atom stereocenters. The molecule has 2 aromatic rings. The molecule has 0 saturated heterocycles. The molecule has 4 N–H and O–H groups in total. The van der Waals surface area contributed by atoms with Crippen LogP contribution in [0.2, 0.25) is 0 Å². The van der Waals surface area contributed by atoms with Crippen molar-refractivity contribution < 1.29 is 24.5 Å². The Morgan fingerprint density at radius 1 is 1.26 bits per heavy atom. The van der Waals surface area contributed by atoms with Crippen LogP contribution in [0.1, 0.15) is 43.9 Å². The van der Waals surface area contributed by atoms with Crippen molar-refractivity contribution in [1.82, 2.24) is 5.32 Å². The molecular formula is C24H29N5O5. The molecule has 2 aromatic carbocycles. The van der Waals surface area contributed by atoms with Gasteiger partial charge in [-0.25, -0.2) is 4.99 Å². The first-order valence-electron chi connectivity index (χ1n) is 11.0. The summed E-state index contributed by atoms with van der Waals surface area (Å²) in [5.74, 6) is 0.379. The van der Waals surface area contributed by atoms with Gasteiger partial charge in [0.2, 0.25) is 0 Å². The van der Waals surface area contributed by atoms with E-state index in [1.165, 1.54) is 6.34 Å². The van der Waals surface area contributed by atoms with Crippen molar-refractivity contribution in [3.05, 3.63) is 53.6 Å². The summed E-state index contributed by atoms with van der Waals surface area (Å²) in [6, 6.07) is 12.7. The van der Waals surface area contributed by atoms with Gasteiger partial charge in [-0.2, -0.15) is 5.11 Å². The fraction of sp³-hybridized carbons (Fsp3) is 0.417. The van der Waals surface area contributed by atoms with Gasteiger partial charge >= 0.3 is 0 Å². The third-order valence-corrected chi connectivity index (χ3v) is 6.09. The Balaban J connectivity index is 1.41. The Bertz CT molecular complexity index is 1090. The molecule has 4 rings (SSSR count). The van der Waals surface area contributed by atoms with Crippen LogP contribution in [0, 0.1) is 0 Å². The molecule has 2 aliphatic heterocycles. The van der Waals surface area contributed by atoms with Gasteiger partial charge in [0.05, 0.1) is 18.9 Å². The van der Waals surface area contributed by atoms with Crippen LogP contribution in [-0.2, 0) is 10.5 Å². The lowest BCUT2D eigenvalue weighted by Gasteiger charge is -2.32. The monoisotopic (exact) mass is 467 g/mol. The number of nitrogens with one attached hydrogen (secondary N) is 2. The van der Waals surface area contributed by atoms with Gasteiger partial charge in [0, 0.05) is 29.6 Å². The number of methoxy groups -OCH3 is 1. The first kappa shape index (κ1) is 23.8. The number of rotatable bonds is 9. The van der Waals surface area contributed by atoms with E-state index in [2.05, 4.69) is 25.9 Å². The van der Waals surface area contributed by atoms with Crippen molar-refractivity contribution >= 4 is 17.9 Å². The van der Waals surface area contributed by atoms with E-state index in [0.29, 0.717) is 24.1 Å². The minimum Gasteiger partial charge on any atom is -0.497 e. The molecule has 180 valence electrons. The number of aliphatic hydroxyl groups excluding tert-OH is 2. The number of carbonyl (C=O) groups is 1. The molecule has 3 atom stereocenters. The number of β-amino-alcohol motifs (C(OH)–C–C–N with tert-alkyl or cyclic N) is 1. The van der Waals surface area contributed by atoms with Gasteiger partial charge in [-0.3, -0.25) is 4.79 Å². The van der Waals surface area contributed by atoms with Crippen LogP contribution < -0.4 is 20.1 Å². The largest absolute Gasteiger partial charge is 0.497 e. The van der Waals surface area contributed by atoms with Crippen molar-refractivity contribution in [2.75, 3.05) is 19.0 Å². The van der Waals surface area contributed by atoms with Gasteiger partial charge < -0.3 is 30.3 Å². The fourth-order valence-electron chi connectivity index (χ4n) is 3.98. The summed E-state index contributed by atoms with van der Waals surface area (Å²) in [5, 5.41) is 35.0. The zero-order valence-corrected chi connectivity index (χ0v) is 19.4. The summed E-state index contributed by atoms with van der Waals surface area (Å²) in [4.78, 5) is 16.2. The highest BCUT2D eigenvalue weighted by Crippen LogP contribution is 2.39. The molecule has 1 amide bonds. The average molecular weight is 468 g/mol. The lowest BCUT2D eigenvalue weighted by atomic mass is 9.88. The molecule has 10 heteroatoms. The Hall–Kier alpha value is -3.34. The third kappa shape index (κ3) is 4.93. The maximum Gasteiger partial charge on any atom is 0.293 e. The molecular weight excluding hydrogens is 438 g/mol. The van der Waals surface area contributed by atoms with E-state index in [0.717, 1.165) is 11.3 Å². The molecule has 0 bridgehead atoms. The van der Waals surface area contributed by atoms with E-state index in [4.69, 9.17) is 9.47 Å². The van der Waals surface area contributed by atoms with Crippen LogP contribution in [0.3, 0.4) is 0 Å². The van der Waals surface area contributed by atoms with E-state index in [-0.39, 0.29) is 17.8 Å². The average Bonchev–Trinajstić information content (AvgIpc) is 3.32. The molecule has 10 nitrogen and oxygen atoms in total. The Kier molecular flexibility index (Phi) is 6.65. The van der Waals surface area contributed by atoms with Crippen LogP contribution in [-0.4, -0.2) is 47.9 Å². The normalized spacial score (nSPS) is 22.1. The lowest BCUT2D eigenvalue weighted by molar-refractivity contribution is -0.139. The molecule has 0 radical (unpaired) electrons. The van der Waals surface area contributed by atoms with E-state index < -0.39 is 24.0 Å². The summed E-state index contributed by atoms with van der Waals surface area (Å²) in [6.45, 7) is 4.31. The number of carbonyl (C=O) groups excluding carboxylic acids is 1. The first-order chi connectivity index (χ1) is 16.2. The highest BCUT2D eigenvalue weighted by Gasteiger charge is 2.36. The van der Waals surface area contributed by atoms with E-state index in [1.807, 2.05) is 38.1 Å². The highest BCUT2D eigenvalue weighted by molar-refractivity contribution is 5.97. The second-order valence-electron chi connectivity index (χ2n) is 8.97. The molecule has 2 aliphatic rings. The topological polar surface area (TPSA) is 137 Å². The third-order valence-electron chi connectivity index (χ3n) is 6.09. The number of aliphatic hydroxyl groups is 2. The summed E-state index contributed by atoms with van der Waals surface area (Å²) in [7, 11) is 1.62. The SMILES string of the molecule is COc1ccc(C2(CCC(C)(C)NCC(O)c3cccc4c3OC(O)C(=O)N4)N=CN=N2)cc1. The highest BCUT2D eigenvalue weighted by atomic mass is 16.6. The van der Waals surface area contributed by atoms with Gasteiger partial charge in [0.1, 0.15) is 12.1 Å². The second kappa shape index (κ2) is 9.49. The van der Waals surface area contributed by atoms with Crippen LogP contribution in [0.15, 0.2) is 57.7 Å². The lowest BCUT2D eigenvalue weighted by Crippen LogP contribution is -2.43. The number of aliphatic imine (C=N–C) groups is 1. The summed E-state index contributed by atoms with van der Waals surface area (Å²) >= 11 is 0. The number of amides is 1.